The molecule has 0 spiro atoms. The van der Waals surface area contributed by atoms with Crippen molar-refractivity contribution >= 4 is 18.3 Å². The largest absolute Gasteiger partial charge is 0.336 e. The van der Waals surface area contributed by atoms with E-state index in [0.29, 0.717) is 12.2 Å². The van der Waals surface area contributed by atoms with E-state index in [4.69, 9.17) is 5.73 Å². The van der Waals surface area contributed by atoms with E-state index in [1.54, 1.807) is 31.3 Å². The first-order valence-electron chi connectivity index (χ1n) is 6.67. The van der Waals surface area contributed by atoms with Crippen LogP contribution in [0.25, 0.3) is 5.69 Å². The third kappa shape index (κ3) is 3.72. The Balaban J connectivity index is 0.00000242. The van der Waals surface area contributed by atoms with E-state index < -0.39 is 0 Å². The van der Waals surface area contributed by atoms with Gasteiger partial charge in [-0.15, -0.1) is 12.4 Å². The second kappa shape index (κ2) is 7.72. The number of aromatic nitrogens is 2. The van der Waals surface area contributed by atoms with Crippen LogP contribution in [0.15, 0.2) is 47.3 Å². The molecule has 0 saturated heterocycles. The van der Waals surface area contributed by atoms with Crippen LogP contribution in [0.3, 0.4) is 0 Å². The minimum atomic E-state index is -0.285. The number of likely N-dealkylation sites (N-methyl/N-ethyl adjacent to an activating group) is 1. The van der Waals surface area contributed by atoms with Crippen LogP contribution in [-0.2, 0) is 0 Å². The average Bonchev–Trinajstić information content (AvgIpc) is 2.54. The Labute approximate surface area is 135 Å². The van der Waals surface area contributed by atoms with Crippen molar-refractivity contribution in [2.45, 2.75) is 13.0 Å². The fourth-order valence-electron chi connectivity index (χ4n) is 1.82. The first-order chi connectivity index (χ1) is 10.0. The SMILES string of the molecule is CC(CN)N(C)C(=O)c1ccc(=O)n(-c2ccccc2)n1.Cl. The molecule has 7 heteroatoms. The summed E-state index contributed by atoms with van der Waals surface area (Å²) in [7, 11) is 1.67. The molecular weight excluding hydrogens is 304 g/mol. The molecule has 1 aromatic heterocycles. The number of benzene rings is 1. The third-order valence-electron chi connectivity index (χ3n) is 3.34. The highest BCUT2D eigenvalue weighted by Crippen LogP contribution is 2.05. The number of hydrogen-bond acceptors (Lipinski definition) is 4. The fourth-order valence-corrected chi connectivity index (χ4v) is 1.82. The molecule has 0 aliphatic carbocycles. The first kappa shape index (κ1) is 17.9. The van der Waals surface area contributed by atoms with Gasteiger partial charge >= 0.3 is 0 Å². The molecule has 22 heavy (non-hydrogen) atoms. The number of nitrogens with zero attached hydrogens (tertiary/aromatic N) is 3. The molecule has 1 heterocycles. The topological polar surface area (TPSA) is 81.2 Å². The molecule has 2 N–H and O–H groups in total. The molecule has 6 nitrogen and oxygen atoms in total. The van der Waals surface area contributed by atoms with Crippen LogP contribution in [0.2, 0.25) is 0 Å². The van der Waals surface area contributed by atoms with Crippen LogP contribution in [0.5, 0.6) is 0 Å². The van der Waals surface area contributed by atoms with E-state index >= 15 is 0 Å². The summed E-state index contributed by atoms with van der Waals surface area (Å²) < 4.78 is 1.22. The van der Waals surface area contributed by atoms with Gasteiger partial charge in [0, 0.05) is 25.7 Å². The van der Waals surface area contributed by atoms with Crippen LogP contribution in [-0.4, -0.2) is 40.2 Å². The predicted molar refractivity (Wildman–Crippen MR) is 87.7 cm³/mol. The summed E-state index contributed by atoms with van der Waals surface area (Å²) in [5.41, 5.74) is 6.11. The van der Waals surface area contributed by atoms with Gasteiger partial charge in [-0.1, -0.05) is 18.2 Å². The molecule has 0 aliphatic heterocycles. The van der Waals surface area contributed by atoms with Crippen LogP contribution < -0.4 is 11.3 Å². The zero-order valence-corrected chi connectivity index (χ0v) is 13.3. The smallest absolute Gasteiger partial charge is 0.274 e. The normalized spacial score (nSPS) is 11.4. The highest BCUT2D eigenvalue weighted by atomic mass is 35.5. The van der Waals surface area contributed by atoms with Gasteiger partial charge in [0.05, 0.1) is 5.69 Å². The molecule has 2 aromatic rings. The van der Waals surface area contributed by atoms with Gasteiger partial charge < -0.3 is 10.6 Å². The van der Waals surface area contributed by atoms with Crippen molar-refractivity contribution in [2.75, 3.05) is 13.6 Å². The van der Waals surface area contributed by atoms with Crippen LogP contribution in [0.4, 0.5) is 0 Å². The Morgan fingerprint density at radius 1 is 1.27 bits per heavy atom. The average molecular weight is 323 g/mol. The number of amides is 1. The summed E-state index contributed by atoms with van der Waals surface area (Å²) in [6.45, 7) is 2.21. The number of carbonyl (C=O) groups excluding carboxylic acids is 1. The standard InChI is InChI=1S/C15H18N4O2.ClH/c1-11(10-16)18(2)15(21)13-8-9-14(20)19(17-13)12-6-4-3-5-7-12;/h3-9,11H,10,16H2,1-2H3;1H. The number of para-hydroxylation sites is 1. The van der Waals surface area contributed by atoms with E-state index in [-0.39, 0.29) is 35.6 Å². The van der Waals surface area contributed by atoms with Gasteiger partial charge in [0.2, 0.25) is 0 Å². The summed E-state index contributed by atoms with van der Waals surface area (Å²) >= 11 is 0. The number of rotatable bonds is 4. The second-order valence-corrected chi connectivity index (χ2v) is 4.80. The minimum absolute atomic E-state index is 0. The number of nitrogens with two attached hydrogens (primary N) is 1. The molecule has 0 fully saturated rings. The van der Waals surface area contributed by atoms with Crippen molar-refractivity contribution in [1.29, 1.82) is 0 Å². The summed E-state index contributed by atoms with van der Waals surface area (Å²) in [6.07, 6.45) is 0. The lowest BCUT2D eigenvalue weighted by atomic mass is 10.2. The molecule has 1 unspecified atom stereocenters. The lowest BCUT2D eigenvalue weighted by Crippen LogP contribution is -2.40. The Bertz CT molecular complexity index is 687. The summed E-state index contributed by atoms with van der Waals surface area (Å²) in [5.74, 6) is -0.266. The van der Waals surface area contributed by atoms with E-state index in [1.807, 2.05) is 13.0 Å². The minimum Gasteiger partial charge on any atom is -0.336 e. The molecule has 2 rings (SSSR count). The lowest BCUT2D eigenvalue weighted by molar-refractivity contribution is 0.0740. The molecule has 0 radical (unpaired) electrons. The Morgan fingerprint density at radius 3 is 2.50 bits per heavy atom. The second-order valence-electron chi connectivity index (χ2n) is 4.80. The van der Waals surface area contributed by atoms with Crippen molar-refractivity contribution in [1.82, 2.24) is 14.7 Å². The van der Waals surface area contributed by atoms with Gasteiger partial charge in [-0.05, 0) is 25.1 Å². The van der Waals surface area contributed by atoms with E-state index in [0.717, 1.165) is 0 Å². The lowest BCUT2D eigenvalue weighted by Gasteiger charge is -2.23. The molecule has 0 bridgehead atoms. The molecule has 1 atom stereocenters. The van der Waals surface area contributed by atoms with Gasteiger partial charge in [0.25, 0.3) is 11.5 Å². The number of halogens is 1. The number of hydrogen-bond donors (Lipinski definition) is 1. The van der Waals surface area contributed by atoms with Gasteiger partial charge in [0.1, 0.15) is 5.69 Å². The summed E-state index contributed by atoms with van der Waals surface area (Å²) in [4.78, 5) is 25.8. The first-order valence-corrected chi connectivity index (χ1v) is 6.67. The summed E-state index contributed by atoms with van der Waals surface area (Å²) in [5, 5.41) is 4.15. The Hall–Kier alpha value is -2.18. The maximum Gasteiger partial charge on any atom is 0.274 e. The van der Waals surface area contributed by atoms with Gasteiger partial charge in [-0.2, -0.15) is 9.78 Å². The van der Waals surface area contributed by atoms with Crippen LogP contribution in [0.1, 0.15) is 17.4 Å². The monoisotopic (exact) mass is 322 g/mol. The van der Waals surface area contributed by atoms with E-state index in [9.17, 15) is 9.59 Å². The quantitative estimate of drug-likeness (QED) is 0.913. The highest BCUT2D eigenvalue weighted by molar-refractivity contribution is 5.92. The Morgan fingerprint density at radius 2 is 1.91 bits per heavy atom. The molecule has 0 saturated carbocycles. The molecule has 1 aromatic carbocycles. The number of carbonyl (C=O) groups is 1. The van der Waals surface area contributed by atoms with Gasteiger partial charge in [0.15, 0.2) is 0 Å². The van der Waals surface area contributed by atoms with Crippen molar-refractivity contribution in [2.24, 2.45) is 5.73 Å². The zero-order chi connectivity index (χ0) is 15.4. The van der Waals surface area contributed by atoms with Crippen LogP contribution >= 0.6 is 12.4 Å². The Kier molecular flexibility index (Phi) is 6.27. The van der Waals surface area contributed by atoms with Crippen molar-refractivity contribution in [3.05, 3.63) is 58.5 Å². The van der Waals surface area contributed by atoms with Crippen molar-refractivity contribution in [3.63, 3.8) is 0 Å². The molecule has 0 aliphatic rings. The van der Waals surface area contributed by atoms with E-state index in [2.05, 4.69) is 5.10 Å². The molecule has 118 valence electrons. The summed E-state index contributed by atoms with van der Waals surface area (Å²) in [6, 6.07) is 11.7. The van der Waals surface area contributed by atoms with Crippen molar-refractivity contribution in [3.8, 4) is 5.69 Å². The predicted octanol–water partition coefficient (Wildman–Crippen LogP) is 1.07. The van der Waals surface area contributed by atoms with Crippen molar-refractivity contribution < 1.29 is 4.79 Å². The van der Waals surface area contributed by atoms with Gasteiger partial charge in [-0.25, -0.2) is 0 Å². The van der Waals surface area contributed by atoms with Gasteiger partial charge in [-0.3, -0.25) is 9.59 Å². The molecule has 1 amide bonds. The maximum atomic E-state index is 12.3. The molecular formula is C15H19ClN4O2. The highest BCUT2D eigenvalue weighted by Gasteiger charge is 2.18. The fraction of sp³-hybridized carbons (Fsp3) is 0.267. The third-order valence-corrected chi connectivity index (χ3v) is 3.34. The van der Waals surface area contributed by atoms with Crippen LogP contribution in [0, 0.1) is 0 Å². The maximum absolute atomic E-state index is 12.3. The zero-order valence-electron chi connectivity index (χ0n) is 12.5. The van der Waals surface area contributed by atoms with E-state index in [1.165, 1.54) is 21.7 Å².